The Labute approximate surface area is 232 Å². The quantitative estimate of drug-likeness (QED) is 0.241. The van der Waals surface area contributed by atoms with Gasteiger partial charge in [0, 0.05) is 51.0 Å². The summed E-state index contributed by atoms with van der Waals surface area (Å²) in [6.07, 6.45) is 10.1. The smallest absolute Gasteiger partial charge is 0.427 e. The number of rotatable bonds is 6. The van der Waals surface area contributed by atoms with Gasteiger partial charge in [0.15, 0.2) is 0 Å². The van der Waals surface area contributed by atoms with Crippen LogP contribution in [0.5, 0.6) is 0 Å². The van der Waals surface area contributed by atoms with Gasteiger partial charge >= 0.3 is 7.12 Å². The van der Waals surface area contributed by atoms with Gasteiger partial charge in [-0.3, -0.25) is 9.97 Å². The molecule has 198 valence electrons. The molecule has 0 aliphatic rings. The van der Waals surface area contributed by atoms with E-state index in [1.165, 1.54) is 21.9 Å². The van der Waals surface area contributed by atoms with Crippen LogP contribution >= 0.6 is 23.2 Å². The number of aromatic nitrogens is 2. The Bertz CT molecular complexity index is 1260. The van der Waals surface area contributed by atoms with E-state index < -0.39 is 7.12 Å². The number of fused-ring (bicyclic) bond motifs is 2. The minimum Gasteiger partial charge on any atom is -0.427 e. The first-order chi connectivity index (χ1) is 17.5. The van der Waals surface area contributed by atoms with Gasteiger partial charge in [0.05, 0.1) is 0 Å². The third-order valence-corrected chi connectivity index (χ3v) is 6.05. The summed E-state index contributed by atoms with van der Waals surface area (Å²) in [6.45, 7) is 13.0. The van der Waals surface area contributed by atoms with Gasteiger partial charge in [-0.15, -0.1) is 0 Å². The van der Waals surface area contributed by atoms with Gasteiger partial charge in [0.1, 0.15) is 0 Å². The number of pyridine rings is 2. The first-order valence-corrected chi connectivity index (χ1v) is 13.6. The number of halogens is 2. The molecule has 0 fully saturated rings. The third kappa shape index (κ3) is 11.0. The van der Waals surface area contributed by atoms with Crippen LogP contribution in [0.4, 0.5) is 0 Å². The summed E-state index contributed by atoms with van der Waals surface area (Å²) < 4.78 is 0. The average Bonchev–Trinajstić information content (AvgIpc) is 2.78. The largest absolute Gasteiger partial charge is 0.451 e. The Morgan fingerprint density at radius 1 is 0.730 bits per heavy atom. The summed E-state index contributed by atoms with van der Waals surface area (Å²) in [5.74, 6) is 1.77. The van der Waals surface area contributed by atoms with E-state index >= 15 is 0 Å². The van der Waals surface area contributed by atoms with Crippen LogP contribution in [-0.2, 0) is 12.8 Å². The monoisotopic (exact) mass is 540 g/mol. The van der Waals surface area contributed by atoms with Crippen molar-refractivity contribution in [3.63, 3.8) is 0 Å². The minimum atomic E-state index is -1.13. The highest BCUT2D eigenvalue weighted by molar-refractivity contribution is 6.41. The van der Waals surface area contributed by atoms with Crippen LogP contribution in [0.25, 0.3) is 21.5 Å². The van der Waals surface area contributed by atoms with Gasteiger partial charge in [-0.05, 0) is 83.8 Å². The maximum Gasteiger partial charge on any atom is 0.451 e. The molecule has 37 heavy (non-hydrogen) atoms. The Hall–Kier alpha value is -2.18. The van der Waals surface area contributed by atoms with E-state index in [4.69, 9.17) is 33.2 Å². The predicted molar refractivity (Wildman–Crippen MR) is 160 cm³/mol. The lowest BCUT2D eigenvalue weighted by atomic mass is 9.80. The van der Waals surface area contributed by atoms with E-state index in [-0.39, 0.29) is 0 Å². The van der Waals surface area contributed by atoms with Gasteiger partial charge in [-0.2, -0.15) is 0 Å². The molecule has 2 heterocycles. The van der Waals surface area contributed by atoms with Gasteiger partial charge in [0.25, 0.3) is 0 Å². The van der Waals surface area contributed by atoms with Gasteiger partial charge in [0.2, 0.25) is 0 Å². The fraction of sp³-hybridized carbons (Fsp3) is 0.400. The van der Waals surface area contributed by atoms with E-state index in [9.17, 15) is 0 Å². The van der Waals surface area contributed by atoms with Crippen molar-refractivity contribution in [2.45, 2.75) is 60.7 Å². The molecule has 2 aromatic carbocycles. The summed E-state index contributed by atoms with van der Waals surface area (Å²) in [5, 5.41) is 22.5. The van der Waals surface area contributed by atoms with Crippen LogP contribution < -0.4 is 0 Å². The molecule has 0 radical (unpaired) electrons. The van der Waals surface area contributed by atoms with E-state index in [1.54, 1.807) is 18.5 Å². The maximum atomic E-state index is 8.28. The van der Waals surface area contributed by atoms with Crippen molar-refractivity contribution in [2.24, 2.45) is 17.8 Å². The molecule has 0 atom stereocenters. The highest BCUT2D eigenvalue weighted by Crippen LogP contribution is 2.27. The molecule has 4 rings (SSSR count). The van der Waals surface area contributed by atoms with E-state index in [1.807, 2.05) is 38.4 Å². The average molecular weight is 541 g/mol. The van der Waals surface area contributed by atoms with Crippen LogP contribution in [0.15, 0.2) is 61.2 Å². The number of nitrogens with zero attached hydrogens (tertiary/aromatic N) is 2. The van der Waals surface area contributed by atoms with Crippen molar-refractivity contribution >= 4 is 51.9 Å². The van der Waals surface area contributed by atoms with Gasteiger partial charge in [-0.1, -0.05) is 70.8 Å². The highest BCUT2D eigenvalue weighted by atomic mass is 35.5. The molecule has 0 saturated heterocycles. The first kappa shape index (κ1) is 31.0. The fourth-order valence-corrected chi connectivity index (χ4v) is 4.68. The van der Waals surface area contributed by atoms with Gasteiger partial charge < -0.3 is 10.0 Å². The van der Waals surface area contributed by atoms with Crippen LogP contribution in [0, 0.1) is 17.8 Å². The standard InChI is InChI=1S/C17H23N.C9H5Cl2N.C4H11BO2/c1-12(2)7-14-9-15(8-13(3)4)17-5-6-18-11-16(17)10-14;10-7-3-6-5-12-2-1-8(6)9(11)4-7;1-4(2)3-5(6)7/h5-6,9-13H,7-8H2,1-4H3;1-5H;4,6-7H,3H2,1-2H3. The van der Waals surface area contributed by atoms with Crippen LogP contribution in [0.2, 0.25) is 16.4 Å². The summed E-state index contributed by atoms with van der Waals surface area (Å²) in [7, 11) is -1.13. The van der Waals surface area contributed by atoms with E-state index in [0.717, 1.165) is 23.6 Å². The molecule has 4 aromatic rings. The maximum absolute atomic E-state index is 8.28. The van der Waals surface area contributed by atoms with Crippen molar-refractivity contribution in [2.75, 3.05) is 0 Å². The molecule has 2 aromatic heterocycles. The number of benzene rings is 2. The Balaban J connectivity index is 0.000000218. The zero-order chi connectivity index (χ0) is 27.5. The lowest BCUT2D eigenvalue weighted by molar-refractivity contribution is 0.394. The molecule has 7 heteroatoms. The molecule has 0 bridgehead atoms. The zero-order valence-corrected chi connectivity index (χ0v) is 24.3. The van der Waals surface area contributed by atoms with Gasteiger partial charge in [-0.25, -0.2) is 0 Å². The molecule has 0 saturated carbocycles. The topological polar surface area (TPSA) is 66.2 Å². The summed E-state index contributed by atoms with van der Waals surface area (Å²) in [4.78, 5) is 8.23. The third-order valence-electron chi connectivity index (χ3n) is 5.52. The summed E-state index contributed by atoms with van der Waals surface area (Å²) in [6, 6.07) is 12.3. The zero-order valence-electron chi connectivity index (χ0n) is 22.7. The second-order valence-electron chi connectivity index (χ2n) is 10.6. The second kappa shape index (κ2) is 15.3. The Morgan fingerprint density at radius 2 is 1.30 bits per heavy atom. The lowest BCUT2D eigenvalue weighted by Gasteiger charge is -2.13. The Kier molecular flexibility index (Phi) is 12.8. The summed E-state index contributed by atoms with van der Waals surface area (Å²) in [5.41, 5.74) is 2.92. The highest BCUT2D eigenvalue weighted by Gasteiger charge is 2.08. The van der Waals surface area contributed by atoms with Crippen molar-refractivity contribution in [3.8, 4) is 0 Å². The van der Waals surface area contributed by atoms with Crippen LogP contribution in [0.1, 0.15) is 52.7 Å². The van der Waals surface area contributed by atoms with E-state index in [0.29, 0.717) is 34.1 Å². The molecule has 0 amide bonds. The SMILES string of the molecule is CC(C)CB(O)O.CC(C)Cc1cc(CC(C)C)c2ccncc2c1.Clc1cc(Cl)c2ccncc2c1. The predicted octanol–water partition coefficient (Wildman–Crippen LogP) is 8.29. The molecular formula is C30H39BCl2N2O2. The lowest BCUT2D eigenvalue weighted by Crippen LogP contribution is -2.12. The minimum absolute atomic E-state index is 0.375. The summed E-state index contributed by atoms with van der Waals surface area (Å²) >= 11 is 11.8. The van der Waals surface area contributed by atoms with Crippen LogP contribution in [-0.4, -0.2) is 27.1 Å². The number of hydrogen-bond donors (Lipinski definition) is 2. The molecule has 0 aliphatic heterocycles. The molecule has 0 unspecified atom stereocenters. The van der Waals surface area contributed by atoms with Crippen molar-refractivity contribution in [1.82, 2.24) is 9.97 Å². The number of hydrogen-bond acceptors (Lipinski definition) is 4. The second-order valence-corrected chi connectivity index (χ2v) is 11.5. The normalized spacial score (nSPS) is 10.9. The van der Waals surface area contributed by atoms with E-state index in [2.05, 4.69) is 55.9 Å². The first-order valence-electron chi connectivity index (χ1n) is 12.9. The molecule has 0 spiro atoms. The molecule has 2 N–H and O–H groups in total. The molecule has 4 nitrogen and oxygen atoms in total. The van der Waals surface area contributed by atoms with Crippen molar-refractivity contribution in [1.29, 1.82) is 0 Å². The van der Waals surface area contributed by atoms with Crippen molar-refractivity contribution in [3.05, 3.63) is 82.4 Å². The molecular weight excluding hydrogens is 502 g/mol. The van der Waals surface area contributed by atoms with Crippen molar-refractivity contribution < 1.29 is 10.0 Å². The fourth-order valence-electron chi connectivity index (χ4n) is 4.10. The Morgan fingerprint density at radius 3 is 1.81 bits per heavy atom. The molecule has 0 aliphatic carbocycles. The van der Waals surface area contributed by atoms with Crippen LogP contribution in [0.3, 0.4) is 0 Å².